The van der Waals surface area contributed by atoms with Gasteiger partial charge >= 0.3 is 11.9 Å². The Labute approximate surface area is 412 Å². The van der Waals surface area contributed by atoms with Crippen LogP contribution in [0, 0.1) is 81.3 Å². The number of aryl methyl sites for hydroxylation is 1. The maximum absolute atomic E-state index is 16.4. The largest absolute Gasteiger partial charge is 0.469 e. The Kier molecular flexibility index (Phi) is 10.1. The lowest BCUT2D eigenvalue weighted by Crippen LogP contribution is -2.81. The number of rotatable bonds is 7. The Morgan fingerprint density at radius 2 is 1.77 bits per heavy atom. The van der Waals surface area contributed by atoms with Crippen molar-refractivity contribution in [3.63, 3.8) is 0 Å². The van der Waals surface area contributed by atoms with Gasteiger partial charge in [-0.05, 0) is 137 Å². The summed E-state index contributed by atoms with van der Waals surface area (Å²) in [6, 6.07) is 13.3. The third kappa shape index (κ3) is 5.72. The van der Waals surface area contributed by atoms with Crippen LogP contribution in [0.25, 0.3) is 0 Å². The van der Waals surface area contributed by atoms with E-state index in [1.165, 1.54) is 18.4 Å². The van der Waals surface area contributed by atoms with Gasteiger partial charge < -0.3 is 33.4 Å². The highest BCUT2D eigenvalue weighted by Crippen LogP contribution is 2.84. The number of nitrogens with zero attached hydrogens (tertiary/aromatic N) is 1. The van der Waals surface area contributed by atoms with Crippen LogP contribution < -0.4 is 5.32 Å². The molecule has 5 saturated carbocycles. The number of aliphatic hydroxyl groups is 1. The van der Waals surface area contributed by atoms with E-state index < -0.39 is 63.2 Å². The lowest BCUT2D eigenvalue weighted by Gasteiger charge is -2.71. The van der Waals surface area contributed by atoms with Crippen LogP contribution in [-0.2, 0) is 51.8 Å². The summed E-state index contributed by atoms with van der Waals surface area (Å²) in [5.41, 5.74) is -4.45. The Morgan fingerprint density at radius 1 is 0.929 bits per heavy atom. The minimum absolute atomic E-state index is 0.0537. The monoisotopic (exact) mass is 953 g/mol. The molecule has 10 fully saturated rings. The molecule has 0 unspecified atom stereocenters. The summed E-state index contributed by atoms with van der Waals surface area (Å²) in [4.78, 5) is 47.8. The standard InChI is InChI=1S/C59H72N2O9/c1-54-25-21-46-56-33-67-48(62)31-47(56)68-55(2,40-13-7-4-8-14-40)50(56)49(63)51(64)58(46)43-30-37(28-35-10-5-3-6-11-35)15-18-38(43)12-9-24-57(54,70-53(65)52-59(54,58)69-52)42-23-27-66-45(42)20-17-36-16-19-41-39(29-36)22-26-61-34-60-32-44(41)61/h3,5-6,10-11,22-23,26-27,36-41,43-44,46-47,50-52,60,64H,4,7-8,13-21,24-25,28-34H2,1-2H3/t36-,37-,38+,39+,41-,43-,44-,46+,47-,50+,51+,52+,54-,55+,56-,57-,58-,59+/m0/s1. The van der Waals surface area contributed by atoms with Crippen molar-refractivity contribution in [3.05, 3.63) is 71.8 Å². The van der Waals surface area contributed by atoms with Gasteiger partial charge in [-0.3, -0.25) is 14.9 Å². The van der Waals surface area contributed by atoms with Crippen molar-refractivity contribution in [1.82, 2.24) is 10.2 Å². The SMILES string of the molecule is C[C@]12CC[C@@H]3[C@@]45COC(=O)C[C@@H]4O[C@](C)(C4CCCCC4)[C@H]5C(=O)[C@@H](O)[C@]34[C@H]3C[C@H](Cc5ccccc5)CC[C@H]3C#CC[C@@]1(c1ccoc1CC[C@@H]1CC[C@H]3[C@H](C=CN5CNC[C@@H]35)C1)OC(=O)[C@H]1O[C@@]142. The van der Waals surface area contributed by atoms with Gasteiger partial charge in [0.1, 0.15) is 24.1 Å². The third-order valence-corrected chi connectivity index (χ3v) is 22.7. The van der Waals surface area contributed by atoms with Crippen molar-refractivity contribution in [3.8, 4) is 11.8 Å². The molecular formula is C59H72N2O9. The van der Waals surface area contributed by atoms with Gasteiger partial charge in [0, 0.05) is 46.7 Å². The molecule has 11 nitrogen and oxygen atoms in total. The molecule has 1 aromatic heterocycles. The number of allylic oxidation sites excluding steroid dienone is 1. The van der Waals surface area contributed by atoms with Crippen LogP contribution in [0.15, 0.2) is 59.4 Å². The molecule has 70 heavy (non-hydrogen) atoms. The molecular weight excluding hydrogens is 881 g/mol. The molecule has 2 N–H and O–H groups in total. The number of cyclic esters (lactones) is 1. The molecule has 0 radical (unpaired) electrons. The Bertz CT molecular complexity index is 2560. The number of fused-ring (bicyclic) bond motifs is 4. The smallest absolute Gasteiger partial charge is 0.339 e. The quantitative estimate of drug-likeness (QED) is 0.158. The molecule has 1 aromatic carbocycles. The van der Waals surface area contributed by atoms with E-state index in [-0.39, 0.29) is 60.8 Å². The fourth-order valence-electron chi connectivity index (χ4n) is 19.8. The molecule has 14 rings (SSSR count). The summed E-state index contributed by atoms with van der Waals surface area (Å²) in [5.74, 6) is 8.09. The number of hydrogen-bond acceptors (Lipinski definition) is 11. The van der Waals surface area contributed by atoms with E-state index >= 15 is 9.59 Å². The second-order valence-electron chi connectivity index (χ2n) is 25.1. The lowest BCUT2D eigenvalue weighted by atomic mass is 9.31. The van der Waals surface area contributed by atoms with E-state index in [9.17, 15) is 9.90 Å². The average Bonchev–Trinajstić information content (AvgIpc) is 3.60. The van der Waals surface area contributed by atoms with Gasteiger partial charge in [-0.1, -0.05) is 80.9 Å². The van der Waals surface area contributed by atoms with Gasteiger partial charge in [0.2, 0.25) is 0 Å². The number of epoxide rings is 1. The van der Waals surface area contributed by atoms with Crippen molar-refractivity contribution in [1.29, 1.82) is 0 Å². The first-order chi connectivity index (χ1) is 34.0. The van der Waals surface area contributed by atoms with E-state index in [1.807, 2.05) is 6.07 Å². The molecule has 3 spiro atoms. The van der Waals surface area contributed by atoms with Crippen LogP contribution >= 0.6 is 0 Å². The van der Waals surface area contributed by atoms with Crippen LogP contribution in [0.2, 0.25) is 0 Å². The molecule has 11 heteroatoms. The highest BCUT2D eigenvalue weighted by molar-refractivity contribution is 5.92. The molecule has 5 saturated heterocycles. The van der Waals surface area contributed by atoms with Gasteiger partial charge in [-0.2, -0.15) is 0 Å². The van der Waals surface area contributed by atoms with Gasteiger partial charge in [0.25, 0.3) is 0 Å². The van der Waals surface area contributed by atoms with Crippen molar-refractivity contribution >= 4 is 17.7 Å². The summed E-state index contributed by atoms with van der Waals surface area (Å²) in [6.45, 7) is 6.42. The van der Waals surface area contributed by atoms with Crippen molar-refractivity contribution in [2.75, 3.05) is 19.8 Å². The van der Waals surface area contributed by atoms with Gasteiger partial charge in [0.05, 0.1) is 43.4 Å². The number of carbonyl (C=O) groups excluding carboxylic acids is 3. The third-order valence-electron chi connectivity index (χ3n) is 22.7. The predicted octanol–water partition coefficient (Wildman–Crippen LogP) is 8.21. The molecule has 18 atom stereocenters. The molecule has 6 aliphatic carbocycles. The number of carbonyl (C=O) groups is 3. The number of esters is 2. The maximum Gasteiger partial charge on any atom is 0.339 e. The first-order valence-corrected chi connectivity index (χ1v) is 27.7. The fraction of sp³-hybridized carbons (Fsp3) is 0.712. The van der Waals surface area contributed by atoms with E-state index in [0.29, 0.717) is 43.1 Å². The molecule has 372 valence electrons. The summed E-state index contributed by atoms with van der Waals surface area (Å²) >= 11 is 0. The highest BCUT2D eigenvalue weighted by Gasteiger charge is 2.95. The van der Waals surface area contributed by atoms with Gasteiger partial charge in [0.15, 0.2) is 17.5 Å². The summed E-state index contributed by atoms with van der Waals surface area (Å²) < 4.78 is 34.7. The van der Waals surface area contributed by atoms with Gasteiger partial charge in [-0.25, -0.2) is 4.79 Å². The normalized spacial score (nSPS) is 48.6. The van der Waals surface area contributed by atoms with Crippen molar-refractivity contribution < 1.29 is 42.9 Å². The Hall–Kier alpha value is -3.95. The van der Waals surface area contributed by atoms with Crippen molar-refractivity contribution in [2.24, 2.45) is 69.5 Å². The number of furan rings is 1. The average molecular weight is 953 g/mol. The Morgan fingerprint density at radius 3 is 2.63 bits per heavy atom. The first-order valence-electron chi connectivity index (χ1n) is 27.7. The van der Waals surface area contributed by atoms with E-state index in [4.69, 9.17) is 23.4 Å². The number of benzene rings is 1. The topological polar surface area (TPSA) is 140 Å². The number of ether oxygens (including phenoxy) is 4. The minimum Gasteiger partial charge on any atom is -0.469 e. The molecule has 12 aliphatic rings. The highest BCUT2D eigenvalue weighted by atomic mass is 16.7. The van der Waals surface area contributed by atoms with Crippen LogP contribution in [0.4, 0.5) is 0 Å². The van der Waals surface area contributed by atoms with Crippen LogP contribution in [0.1, 0.15) is 133 Å². The number of ketones is 1. The molecule has 2 aromatic rings. The summed E-state index contributed by atoms with van der Waals surface area (Å²) in [7, 11) is 0. The first kappa shape index (κ1) is 44.7. The number of nitrogens with one attached hydrogen (secondary N) is 1. The van der Waals surface area contributed by atoms with Crippen LogP contribution in [-0.4, -0.2) is 83.1 Å². The summed E-state index contributed by atoms with van der Waals surface area (Å²) in [6.07, 6.45) is 18.8. The number of aliphatic hydroxyl groups excluding tert-OH is 1. The second-order valence-corrected chi connectivity index (χ2v) is 25.1. The second kappa shape index (κ2) is 15.8. The predicted molar refractivity (Wildman–Crippen MR) is 257 cm³/mol. The molecule has 6 aliphatic heterocycles. The number of Topliss-reactive ketones (excluding diaryl/α,β-unsaturated/α-hetero) is 1. The molecule has 4 bridgehead atoms. The Balaban J connectivity index is 0.903. The van der Waals surface area contributed by atoms with E-state index in [0.717, 1.165) is 95.2 Å². The van der Waals surface area contributed by atoms with E-state index in [2.05, 4.69) is 78.5 Å². The fourth-order valence-corrected chi connectivity index (χ4v) is 19.8. The molecule has 7 heterocycles. The molecule has 0 amide bonds. The van der Waals surface area contributed by atoms with E-state index in [1.54, 1.807) is 6.26 Å². The summed E-state index contributed by atoms with van der Waals surface area (Å²) in [5, 5.41) is 17.6. The van der Waals surface area contributed by atoms with Gasteiger partial charge in [-0.15, -0.1) is 0 Å². The van der Waals surface area contributed by atoms with Crippen LogP contribution in [0.3, 0.4) is 0 Å². The minimum atomic E-state index is -1.47. The van der Waals surface area contributed by atoms with Crippen molar-refractivity contribution in [2.45, 2.75) is 171 Å². The zero-order valence-electron chi connectivity index (χ0n) is 41.2. The lowest BCUT2D eigenvalue weighted by molar-refractivity contribution is -0.295. The zero-order chi connectivity index (χ0) is 47.4. The zero-order valence-corrected chi connectivity index (χ0v) is 41.2. The number of hydrogen-bond donors (Lipinski definition) is 2. The van der Waals surface area contributed by atoms with Crippen LogP contribution in [0.5, 0.6) is 0 Å². The maximum atomic E-state index is 16.4.